The average molecular weight is 215 g/mol. The molecule has 1 heteroatoms. The first-order valence-corrected chi connectivity index (χ1v) is 6.80. The van der Waals surface area contributed by atoms with Crippen LogP contribution in [0.25, 0.3) is 0 Å². The van der Waals surface area contributed by atoms with Gasteiger partial charge in [0, 0.05) is 0 Å². The monoisotopic (exact) mass is 215 g/mol. The molecule has 0 aromatic heterocycles. The Morgan fingerprint density at radius 3 is 1.67 bits per heavy atom. The molecule has 1 nitrogen and oxygen atoms in total. The Labute approximate surface area is 98.0 Å². The fourth-order valence-electron chi connectivity index (χ4n) is 2.24. The minimum atomic E-state index is 1.00. The molecular weight excluding hydrogens is 182 g/mol. The second kappa shape index (κ2) is 12.0. The van der Waals surface area contributed by atoms with Crippen molar-refractivity contribution in [2.45, 2.75) is 60.8 Å². The molecule has 1 aliphatic rings. The van der Waals surface area contributed by atoms with E-state index in [1.54, 1.807) is 0 Å². The molecule has 3 atom stereocenters. The van der Waals surface area contributed by atoms with Gasteiger partial charge in [-0.1, -0.05) is 48.0 Å². The van der Waals surface area contributed by atoms with Gasteiger partial charge in [0.05, 0.1) is 0 Å². The zero-order valence-electron chi connectivity index (χ0n) is 12.1. The van der Waals surface area contributed by atoms with E-state index in [2.05, 4.69) is 33.0 Å². The Hall–Kier alpha value is -0.0400. The first kappa shape index (κ1) is 17.4. The summed E-state index contributed by atoms with van der Waals surface area (Å²) in [5.74, 6) is 3.05. The van der Waals surface area contributed by atoms with Gasteiger partial charge in [-0.3, -0.25) is 0 Å². The summed E-state index contributed by atoms with van der Waals surface area (Å²) in [5.41, 5.74) is 0. The molecule has 94 valence electrons. The van der Waals surface area contributed by atoms with Crippen molar-refractivity contribution in [3.05, 3.63) is 0 Å². The van der Waals surface area contributed by atoms with Crippen molar-refractivity contribution in [2.75, 3.05) is 13.6 Å². The van der Waals surface area contributed by atoms with Crippen LogP contribution < -0.4 is 5.32 Å². The molecule has 1 saturated carbocycles. The van der Waals surface area contributed by atoms with E-state index < -0.39 is 0 Å². The van der Waals surface area contributed by atoms with E-state index >= 15 is 0 Å². The van der Waals surface area contributed by atoms with Crippen molar-refractivity contribution in [3.8, 4) is 0 Å². The summed E-state index contributed by atoms with van der Waals surface area (Å²) in [6.45, 7) is 14.2. The first-order valence-electron chi connectivity index (χ1n) is 6.80. The molecule has 0 radical (unpaired) electrons. The molecule has 0 saturated heterocycles. The van der Waals surface area contributed by atoms with Gasteiger partial charge >= 0.3 is 0 Å². The minimum Gasteiger partial charge on any atom is -0.320 e. The maximum atomic E-state index is 2.93. The second-order valence-corrected chi connectivity index (χ2v) is 4.43. The highest BCUT2D eigenvalue weighted by Gasteiger charge is 2.26. The Bertz CT molecular complexity index is 110. The molecule has 0 aliphatic heterocycles. The predicted octanol–water partition coefficient (Wildman–Crippen LogP) is 4.33. The lowest BCUT2D eigenvalue weighted by Crippen LogP contribution is -2.01. The van der Waals surface area contributed by atoms with E-state index in [9.17, 15) is 0 Å². The molecule has 0 heterocycles. The van der Waals surface area contributed by atoms with Crippen LogP contribution in [0.1, 0.15) is 60.8 Å². The van der Waals surface area contributed by atoms with E-state index in [0.29, 0.717) is 0 Å². The standard InChI is InChI=1S/C9H18.C3H9N.C2H6/c1-4-9-6-7(2)5-8(9)3;1-3-4-2;1-2/h7-9H,4-6H2,1-3H3;4H,3H2,1-2H3;1-2H3. The number of rotatable bonds is 2. The van der Waals surface area contributed by atoms with Crippen LogP contribution in [0.2, 0.25) is 0 Å². The van der Waals surface area contributed by atoms with Crippen molar-refractivity contribution >= 4 is 0 Å². The Balaban J connectivity index is 0. The third-order valence-corrected chi connectivity index (χ3v) is 3.16. The topological polar surface area (TPSA) is 12.0 Å². The predicted molar refractivity (Wildman–Crippen MR) is 72.3 cm³/mol. The summed E-state index contributed by atoms with van der Waals surface area (Å²) in [6.07, 6.45) is 4.35. The molecule has 1 aliphatic carbocycles. The smallest absolute Gasteiger partial charge is 0.00804 e. The number of hydrogen-bond acceptors (Lipinski definition) is 1. The van der Waals surface area contributed by atoms with Gasteiger partial charge in [-0.2, -0.15) is 0 Å². The van der Waals surface area contributed by atoms with Gasteiger partial charge < -0.3 is 5.32 Å². The van der Waals surface area contributed by atoms with E-state index in [-0.39, 0.29) is 0 Å². The zero-order valence-corrected chi connectivity index (χ0v) is 12.1. The van der Waals surface area contributed by atoms with Crippen LogP contribution in [-0.2, 0) is 0 Å². The lowest BCUT2D eigenvalue weighted by molar-refractivity contribution is 0.406. The van der Waals surface area contributed by atoms with Gasteiger partial charge in [0.2, 0.25) is 0 Å². The fraction of sp³-hybridized carbons (Fsp3) is 1.00. The highest BCUT2D eigenvalue weighted by Crippen LogP contribution is 2.37. The molecule has 15 heavy (non-hydrogen) atoms. The Morgan fingerprint density at radius 2 is 1.53 bits per heavy atom. The fourth-order valence-corrected chi connectivity index (χ4v) is 2.24. The Kier molecular flexibility index (Phi) is 13.9. The van der Waals surface area contributed by atoms with Crippen molar-refractivity contribution in [3.63, 3.8) is 0 Å². The molecule has 1 N–H and O–H groups in total. The number of hydrogen-bond donors (Lipinski definition) is 1. The molecule has 0 aromatic rings. The van der Waals surface area contributed by atoms with Gasteiger partial charge in [0.25, 0.3) is 0 Å². The van der Waals surface area contributed by atoms with Gasteiger partial charge in [0.1, 0.15) is 0 Å². The van der Waals surface area contributed by atoms with Crippen molar-refractivity contribution < 1.29 is 0 Å². The van der Waals surface area contributed by atoms with Crippen LogP contribution in [0, 0.1) is 17.8 Å². The molecule has 0 amide bonds. The van der Waals surface area contributed by atoms with Crippen LogP contribution in [0.5, 0.6) is 0 Å². The lowest BCUT2D eigenvalue weighted by atomic mass is 9.96. The van der Waals surface area contributed by atoms with Crippen molar-refractivity contribution in [1.29, 1.82) is 0 Å². The average Bonchev–Trinajstić information content (AvgIpc) is 2.60. The normalized spacial score (nSPS) is 28.6. The van der Waals surface area contributed by atoms with Crippen LogP contribution in [-0.4, -0.2) is 13.6 Å². The van der Waals surface area contributed by atoms with Crippen LogP contribution in [0.4, 0.5) is 0 Å². The van der Waals surface area contributed by atoms with Gasteiger partial charge in [-0.05, 0) is 44.2 Å². The molecule has 3 unspecified atom stereocenters. The second-order valence-electron chi connectivity index (χ2n) is 4.43. The summed E-state index contributed by atoms with van der Waals surface area (Å²) in [4.78, 5) is 0. The SMILES string of the molecule is CC.CCC1CC(C)CC1C.CCNC. The third kappa shape index (κ3) is 8.92. The highest BCUT2D eigenvalue weighted by molar-refractivity contribution is 4.77. The zero-order chi connectivity index (χ0) is 12.3. The van der Waals surface area contributed by atoms with Gasteiger partial charge in [0.15, 0.2) is 0 Å². The molecule has 0 spiro atoms. The summed E-state index contributed by atoms with van der Waals surface area (Å²) in [5, 5.41) is 2.93. The van der Waals surface area contributed by atoms with E-state index in [1.165, 1.54) is 19.3 Å². The quantitative estimate of drug-likeness (QED) is 0.723. The van der Waals surface area contributed by atoms with Crippen LogP contribution in [0.3, 0.4) is 0 Å². The van der Waals surface area contributed by atoms with Crippen molar-refractivity contribution in [1.82, 2.24) is 5.32 Å². The lowest BCUT2D eigenvalue weighted by Gasteiger charge is -2.10. The van der Waals surface area contributed by atoms with E-state index in [4.69, 9.17) is 0 Å². The Morgan fingerprint density at radius 1 is 1.07 bits per heavy atom. The molecule has 1 rings (SSSR count). The van der Waals surface area contributed by atoms with Gasteiger partial charge in [-0.25, -0.2) is 0 Å². The summed E-state index contributed by atoms with van der Waals surface area (Å²) < 4.78 is 0. The largest absolute Gasteiger partial charge is 0.320 e. The van der Waals surface area contributed by atoms with E-state index in [1.807, 2.05) is 20.9 Å². The highest BCUT2D eigenvalue weighted by atomic mass is 14.8. The van der Waals surface area contributed by atoms with Crippen molar-refractivity contribution in [2.24, 2.45) is 17.8 Å². The summed E-state index contributed by atoms with van der Waals surface area (Å²) in [7, 11) is 1.93. The minimum absolute atomic E-state index is 1.00. The van der Waals surface area contributed by atoms with Crippen LogP contribution >= 0.6 is 0 Å². The number of nitrogens with one attached hydrogen (secondary N) is 1. The molecule has 1 fully saturated rings. The summed E-state index contributed by atoms with van der Waals surface area (Å²) in [6, 6.07) is 0. The summed E-state index contributed by atoms with van der Waals surface area (Å²) >= 11 is 0. The maximum absolute atomic E-state index is 2.93. The van der Waals surface area contributed by atoms with E-state index in [0.717, 1.165) is 24.3 Å². The molecule has 0 bridgehead atoms. The van der Waals surface area contributed by atoms with Gasteiger partial charge in [-0.15, -0.1) is 0 Å². The first-order chi connectivity index (χ1) is 7.15. The molecule has 0 aromatic carbocycles. The maximum Gasteiger partial charge on any atom is -0.00804 e. The third-order valence-electron chi connectivity index (χ3n) is 3.16. The van der Waals surface area contributed by atoms with Crippen LogP contribution in [0.15, 0.2) is 0 Å². The molecular formula is C14H33N.